The van der Waals surface area contributed by atoms with E-state index in [1.54, 1.807) is 13.3 Å². The molecular formula is C20H24N6O. The quantitative estimate of drug-likeness (QED) is 0.462. The second-order valence-corrected chi connectivity index (χ2v) is 6.86. The molecule has 1 saturated carbocycles. The number of benzene rings is 1. The van der Waals surface area contributed by atoms with Crippen LogP contribution < -0.4 is 10.6 Å². The summed E-state index contributed by atoms with van der Waals surface area (Å²) in [5, 5.41) is 13.9. The van der Waals surface area contributed by atoms with Gasteiger partial charge in [0.25, 0.3) is 0 Å². The Morgan fingerprint density at radius 3 is 2.70 bits per heavy atom. The molecule has 0 radical (unpaired) electrons. The lowest BCUT2D eigenvalue weighted by molar-refractivity contribution is 0.244. The van der Waals surface area contributed by atoms with E-state index in [1.165, 1.54) is 24.8 Å². The fourth-order valence-electron chi connectivity index (χ4n) is 3.49. The molecule has 3 N–H and O–H groups in total. The maximum atomic E-state index is 5.31. The maximum Gasteiger partial charge on any atom is 0.216 e. The molecule has 7 heteroatoms. The first-order valence-corrected chi connectivity index (χ1v) is 9.24. The van der Waals surface area contributed by atoms with Crippen molar-refractivity contribution in [3.8, 4) is 11.6 Å². The zero-order valence-electron chi connectivity index (χ0n) is 15.4. The monoisotopic (exact) mass is 364 g/mol. The summed E-state index contributed by atoms with van der Waals surface area (Å²) >= 11 is 0. The molecule has 1 fully saturated rings. The third kappa shape index (κ3) is 3.72. The topological polar surface area (TPSA) is 91.1 Å². The number of hydrogen-bond donors (Lipinski definition) is 3. The van der Waals surface area contributed by atoms with E-state index in [-0.39, 0.29) is 5.41 Å². The molecule has 1 aliphatic rings. The number of H-pyrrole nitrogens is 1. The van der Waals surface area contributed by atoms with Crippen molar-refractivity contribution in [2.24, 2.45) is 4.99 Å². The smallest absolute Gasteiger partial charge is 0.216 e. The normalized spacial score (nSPS) is 16.0. The summed E-state index contributed by atoms with van der Waals surface area (Å²) in [6.45, 7) is 1.37. The fourth-order valence-corrected chi connectivity index (χ4v) is 3.49. The molecule has 3 aromatic rings. The standard InChI is InChI=1S/C20H24N6O/c1-21-19(22-13-17-24-18(26-25-17)16-9-5-12-27-16)23-14-20(10-6-11-20)15-7-3-2-4-8-15/h2-5,7-9,12H,6,10-11,13-14H2,1H3,(H2,21,22,23)(H,24,25,26). The third-order valence-electron chi connectivity index (χ3n) is 5.21. The lowest BCUT2D eigenvalue weighted by Crippen LogP contribution is -2.48. The van der Waals surface area contributed by atoms with E-state index in [1.807, 2.05) is 12.1 Å². The lowest BCUT2D eigenvalue weighted by Gasteiger charge is -2.43. The molecule has 140 valence electrons. The van der Waals surface area contributed by atoms with Crippen molar-refractivity contribution in [1.29, 1.82) is 0 Å². The summed E-state index contributed by atoms with van der Waals surface area (Å²) in [6, 6.07) is 14.4. The predicted molar refractivity (Wildman–Crippen MR) is 104 cm³/mol. The Balaban J connectivity index is 1.34. The van der Waals surface area contributed by atoms with Gasteiger partial charge in [0.05, 0.1) is 12.8 Å². The van der Waals surface area contributed by atoms with Crippen LogP contribution in [0.4, 0.5) is 0 Å². The molecule has 0 saturated heterocycles. The molecule has 7 nitrogen and oxygen atoms in total. The maximum absolute atomic E-state index is 5.31. The molecule has 1 aromatic carbocycles. The number of hydrogen-bond acceptors (Lipinski definition) is 4. The summed E-state index contributed by atoms with van der Waals surface area (Å²) < 4.78 is 5.31. The largest absolute Gasteiger partial charge is 0.461 e. The molecule has 0 aliphatic heterocycles. The number of nitrogens with one attached hydrogen (secondary N) is 3. The van der Waals surface area contributed by atoms with E-state index in [2.05, 4.69) is 61.1 Å². The van der Waals surface area contributed by atoms with Gasteiger partial charge in [-0.15, -0.1) is 5.10 Å². The van der Waals surface area contributed by atoms with Crippen LogP contribution in [-0.4, -0.2) is 34.7 Å². The summed E-state index contributed by atoms with van der Waals surface area (Å²) in [5.41, 5.74) is 1.61. The Hall–Kier alpha value is -3.09. The van der Waals surface area contributed by atoms with E-state index in [0.717, 1.165) is 18.3 Å². The third-order valence-corrected chi connectivity index (χ3v) is 5.21. The van der Waals surface area contributed by atoms with E-state index in [4.69, 9.17) is 4.42 Å². The van der Waals surface area contributed by atoms with E-state index in [9.17, 15) is 0 Å². The first-order chi connectivity index (χ1) is 13.3. The van der Waals surface area contributed by atoms with Crippen molar-refractivity contribution >= 4 is 5.96 Å². The van der Waals surface area contributed by atoms with E-state index < -0.39 is 0 Å². The summed E-state index contributed by atoms with van der Waals surface area (Å²) in [7, 11) is 1.78. The van der Waals surface area contributed by atoms with Gasteiger partial charge in [0.15, 0.2) is 11.7 Å². The number of nitrogens with zero attached hydrogens (tertiary/aromatic N) is 3. The molecule has 2 heterocycles. The van der Waals surface area contributed by atoms with Crippen molar-refractivity contribution in [2.75, 3.05) is 13.6 Å². The average molecular weight is 364 g/mol. The molecule has 0 bridgehead atoms. The van der Waals surface area contributed by atoms with Crippen LogP contribution in [0.2, 0.25) is 0 Å². The number of aromatic amines is 1. The average Bonchev–Trinajstić information content (AvgIpc) is 3.35. The van der Waals surface area contributed by atoms with Gasteiger partial charge in [0, 0.05) is 19.0 Å². The molecule has 0 atom stereocenters. The predicted octanol–water partition coefficient (Wildman–Crippen LogP) is 2.85. The Morgan fingerprint density at radius 2 is 2.04 bits per heavy atom. The molecular weight excluding hydrogens is 340 g/mol. The second kappa shape index (κ2) is 7.65. The van der Waals surface area contributed by atoms with Gasteiger partial charge in [0.1, 0.15) is 5.82 Å². The number of aromatic nitrogens is 3. The SMILES string of the molecule is CN=C(NCc1nc(-c2ccco2)n[nH]1)NCC1(c2ccccc2)CCC1. The Kier molecular flexibility index (Phi) is 4.91. The van der Waals surface area contributed by atoms with Crippen molar-refractivity contribution in [3.63, 3.8) is 0 Å². The summed E-state index contributed by atoms with van der Waals surface area (Å²) in [4.78, 5) is 8.77. The van der Waals surface area contributed by atoms with Crippen LogP contribution in [0, 0.1) is 0 Å². The van der Waals surface area contributed by atoms with Gasteiger partial charge in [-0.25, -0.2) is 4.98 Å². The van der Waals surface area contributed by atoms with Gasteiger partial charge < -0.3 is 15.1 Å². The van der Waals surface area contributed by atoms with E-state index in [0.29, 0.717) is 18.1 Å². The minimum atomic E-state index is 0.206. The van der Waals surface area contributed by atoms with Crippen molar-refractivity contribution in [3.05, 3.63) is 60.1 Å². The minimum absolute atomic E-state index is 0.206. The lowest BCUT2D eigenvalue weighted by atomic mass is 9.64. The highest BCUT2D eigenvalue weighted by atomic mass is 16.3. The van der Waals surface area contributed by atoms with Crippen LogP contribution >= 0.6 is 0 Å². The Labute approximate surface area is 158 Å². The van der Waals surface area contributed by atoms with Gasteiger partial charge >= 0.3 is 0 Å². The van der Waals surface area contributed by atoms with Crippen LogP contribution in [0.15, 0.2) is 58.1 Å². The summed E-state index contributed by atoms with van der Waals surface area (Å²) in [5.74, 6) is 2.69. The first kappa shape index (κ1) is 17.3. The first-order valence-electron chi connectivity index (χ1n) is 9.24. The van der Waals surface area contributed by atoms with Crippen molar-refractivity contribution in [2.45, 2.75) is 31.2 Å². The number of rotatable bonds is 6. The summed E-state index contributed by atoms with van der Waals surface area (Å²) in [6.07, 6.45) is 5.29. The molecule has 2 aromatic heterocycles. The second-order valence-electron chi connectivity index (χ2n) is 6.86. The van der Waals surface area contributed by atoms with Gasteiger partial charge in [-0.1, -0.05) is 36.8 Å². The molecule has 0 amide bonds. The molecule has 1 aliphatic carbocycles. The van der Waals surface area contributed by atoms with E-state index >= 15 is 0 Å². The van der Waals surface area contributed by atoms with Crippen molar-refractivity contribution in [1.82, 2.24) is 25.8 Å². The van der Waals surface area contributed by atoms with Crippen LogP contribution in [0.25, 0.3) is 11.6 Å². The number of aliphatic imine (C=N–C) groups is 1. The molecule has 27 heavy (non-hydrogen) atoms. The number of furan rings is 1. The Morgan fingerprint density at radius 1 is 1.19 bits per heavy atom. The van der Waals surface area contributed by atoms with Gasteiger partial charge in [0.2, 0.25) is 5.82 Å². The van der Waals surface area contributed by atoms with Gasteiger partial charge in [-0.3, -0.25) is 10.1 Å². The number of guanidine groups is 1. The highest BCUT2D eigenvalue weighted by molar-refractivity contribution is 5.79. The zero-order valence-corrected chi connectivity index (χ0v) is 15.4. The zero-order chi connectivity index (χ0) is 18.5. The van der Waals surface area contributed by atoms with Crippen molar-refractivity contribution < 1.29 is 4.42 Å². The van der Waals surface area contributed by atoms with Crippen LogP contribution in [0.5, 0.6) is 0 Å². The minimum Gasteiger partial charge on any atom is -0.461 e. The highest BCUT2D eigenvalue weighted by Crippen LogP contribution is 2.43. The molecule has 4 rings (SSSR count). The fraction of sp³-hybridized carbons (Fsp3) is 0.350. The van der Waals surface area contributed by atoms with Crippen LogP contribution in [0.3, 0.4) is 0 Å². The Bertz CT molecular complexity index is 880. The molecule has 0 unspecified atom stereocenters. The molecule has 0 spiro atoms. The van der Waals surface area contributed by atoms with Gasteiger partial charge in [-0.05, 0) is 30.5 Å². The van der Waals surface area contributed by atoms with Gasteiger partial charge in [-0.2, -0.15) is 0 Å². The van der Waals surface area contributed by atoms with Crippen LogP contribution in [0.1, 0.15) is 30.7 Å². The highest BCUT2D eigenvalue weighted by Gasteiger charge is 2.38. The van der Waals surface area contributed by atoms with Crippen LogP contribution in [-0.2, 0) is 12.0 Å².